The summed E-state index contributed by atoms with van der Waals surface area (Å²) in [6.45, 7) is 1.62. The van der Waals surface area contributed by atoms with E-state index < -0.39 is 28.5 Å². The molecule has 7 nitrogen and oxygen atoms in total. The van der Waals surface area contributed by atoms with Crippen molar-refractivity contribution in [3.8, 4) is 0 Å². The normalized spacial score (nSPS) is 11.9. The molecule has 0 fully saturated rings. The summed E-state index contributed by atoms with van der Waals surface area (Å²) in [4.78, 5) is 29.6. The molecule has 0 saturated carbocycles. The third-order valence-corrected chi connectivity index (χ3v) is 10.3. The van der Waals surface area contributed by atoms with Crippen molar-refractivity contribution in [1.29, 1.82) is 0 Å². The number of hydrogen-bond donors (Lipinski definition) is 1. The Kier molecular flexibility index (Phi) is 12.8. The molecular weight excluding hydrogens is 688 g/mol. The van der Waals surface area contributed by atoms with Gasteiger partial charge in [0.15, 0.2) is 0 Å². The SMILES string of the molecule is CCCCNC(=O)[C@H](Cc1ccccc1)N(Cc1c(Cl)cccc1Cl)C(=O)CN(c1cccc(Cl)c1)S(=O)(=O)c1ccc(Cl)cc1. The van der Waals surface area contributed by atoms with Crippen LogP contribution < -0.4 is 9.62 Å². The standard InChI is InChI=1S/C34H33Cl4N3O4S/c1-2-3-19-39-34(43)32(20-24-9-5-4-6-10-24)40(22-29-30(37)13-8-14-31(29)38)33(42)23-41(27-12-7-11-26(36)21-27)46(44,45)28-17-15-25(35)16-18-28/h4-18,21,32H,2-3,19-20,22-23H2,1H3,(H,39,43)/t32-/m0/s1. The zero-order valence-corrected chi connectivity index (χ0v) is 28.8. The molecule has 46 heavy (non-hydrogen) atoms. The number of carbonyl (C=O) groups excluding carboxylic acids is 2. The minimum Gasteiger partial charge on any atom is -0.354 e. The molecule has 0 radical (unpaired) electrons. The van der Waals surface area contributed by atoms with E-state index in [1.165, 1.54) is 35.2 Å². The van der Waals surface area contributed by atoms with E-state index in [2.05, 4.69) is 5.32 Å². The van der Waals surface area contributed by atoms with Crippen LogP contribution in [-0.4, -0.2) is 44.3 Å². The Morgan fingerprint density at radius 1 is 0.804 bits per heavy atom. The molecule has 12 heteroatoms. The van der Waals surface area contributed by atoms with Gasteiger partial charge in [0.25, 0.3) is 10.0 Å². The summed E-state index contributed by atoms with van der Waals surface area (Å²) in [7, 11) is -4.31. The third kappa shape index (κ3) is 9.17. The first-order chi connectivity index (χ1) is 22.0. The topological polar surface area (TPSA) is 86.8 Å². The van der Waals surface area contributed by atoms with E-state index in [9.17, 15) is 18.0 Å². The molecule has 0 aliphatic carbocycles. The second-order valence-corrected chi connectivity index (χ2v) is 14.1. The summed E-state index contributed by atoms with van der Waals surface area (Å²) >= 11 is 25.4. The number of benzene rings is 4. The van der Waals surface area contributed by atoms with Crippen LogP contribution in [0.2, 0.25) is 20.1 Å². The number of anilines is 1. The molecule has 0 bridgehead atoms. The Bertz CT molecular complexity index is 1740. The number of amides is 2. The van der Waals surface area contributed by atoms with Gasteiger partial charge in [-0.1, -0.05) is 102 Å². The second kappa shape index (κ2) is 16.5. The van der Waals surface area contributed by atoms with E-state index in [4.69, 9.17) is 46.4 Å². The second-order valence-electron chi connectivity index (χ2n) is 10.5. The molecule has 0 spiro atoms. The summed E-state index contributed by atoms with van der Waals surface area (Å²) in [5.74, 6) is -1.04. The van der Waals surface area contributed by atoms with Crippen LogP contribution in [0.25, 0.3) is 0 Å². The maximum atomic E-state index is 14.5. The van der Waals surface area contributed by atoms with E-state index in [1.54, 1.807) is 36.4 Å². The highest BCUT2D eigenvalue weighted by molar-refractivity contribution is 7.92. The summed E-state index contributed by atoms with van der Waals surface area (Å²) in [6.07, 6.45) is 1.77. The van der Waals surface area contributed by atoms with Crippen molar-refractivity contribution in [2.45, 2.75) is 43.7 Å². The largest absolute Gasteiger partial charge is 0.354 e. The first-order valence-corrected chi connectivity index (χ1v) is 17.5. The van der Waals surface area contributed by atoms with Crippen LogP contribution in [0.4, 0.5) is 5.69 Å². The molecule has 1 N–H and O–H groups in total. The Hall–Kier alpha value is -3.27. The summed E-state index contributed by atoms with van der Waals surface area (Å²) in [5.41, 5.74) is 1.40. The highest BCUT2D eigenvalue weighted by Crippen LogP contribution is 2.30. The first-order valence-electron chi connectivity index (χ1n) is 14.6. The number of nitrogens with one attached hydrogen (secondary N) is 1. The molecule has 0 aromatic heterocycles. The van der Waals surface area contributed by atoms with Crippen LogP contribution in [0, 0.1) is 0 Å². The summed E-state index contributed by atoms with van der Waals surface area (Å²) < 4.78 is 29.2. The Morgan fingerprint density at radius 3 is 2.09 bits per heavy atom. The van der Waals surface area contributed by atoms with Crippen molar-refractivity contribution in [3.05, 3.63) is 128 Å². The smallest absolute Gasteiger partial charge is 0.264 e. The van der Waals surface area contributed by atoms with Gasteiger partial charge in [0.2, 0.25) is 11.8 Å². The van der Waals surface area contributed by atoms with Crippen molar-refractivity contribution >= 4 is 73.9 Å². The summed E-state index contributed by atoms with van der Waals surface area (Å²) in [5, 5.41) is 4.18. The number of carbonyl (C=O) groups is 2. The number of nitrogens with zero attached hydrogens (tertiary/aromatic N) is 2. The molecule has 0 saturated heterocycles. The molecule has 0 aliphatic rings. The molecule has 0 heterocycles. The lowest BCUT2D eigenvalue weighted by molar-refractivity contribution is -0.140. The van der Waals surface area contributed by atoms with Gasteiger partial charge in [-0.15, -0.1) is 0 Å². The fourth-order valence-corrected chi connectivity index (χ4v) is 7.04. The van der Waals surface area contributed by atoms with Gasteiger partial charge in [-0.2, -0.15) is 0 Å². The highest BCUT2D eigenvalue weighted by atomic mass is 35.5. The fraction of sp³-hybridized carbons (Fsp3) is 0.235. The predicted molar refractivity (Wildman–Crippen MR) is 186 cm³/mol. The maximum absolute atomic E-state index is 14.5. The first kappa shape index (κ1) is 35.6. The molecule has 0 unspecified atom stereocenters. The predicted octanol–water partition coefficient (Wildman–Crippen LogP) is 8.05. The minimum atomic E-state index is -4.31. The van der Waals surface area contributed by atoms with Crippen LogP contribution >= 0.6 is 46.4 Å². The lowest BCUT2D eigenvalue weighted by atomic mass is 10.0. The molecule has 4 aromatic rings. The Labute approximate surface area is 290 Å². The molecule has 4 rings (SSSR count). The third-order valence-electron chi connectivity index (χ3n) is 7.27. The highest BCUT2D eigenvalue weighted by Gasteiger charge is 2.35. The van der Waals surface area contributed by atoms with Gasteiger partial charge in [0.05, 0.1) is 10.6 Å². The van der Waals surface area contributed by atoms with Crippen molar-refractivity contribution in [3.63, 3.8) is 0 Å². The van der Waals surface area contributed by atoms with Crippen molar-refractivity contribution < 1.29 is 18.0 Å². The molecule has 242 valence electrons. The van der Waals surface area contributed by atoms with Crippen LogP contribution in [0.1, 0.15) is 30.9 Å². The van der Waals surface area contributed by atoms with E-state index in [0.29, 0.717) is 27.2 Å². The van der Waals surface area contributed by atoms with Gasteiger partial charge in [-0.25, -0.2) is 8.42 Å². The van der Waals surface area contributed by atoms with Gasteiger partial charge < -0.3 is 10.2 Å². The zero-order chi connectivity index (χ0) is 33.3. The Balaban J connectivity index is 1.82. The van der Waals surface area contributed by atoms with Gasteiger partial charge in [0, 0.05) is 45.2 Å². The van der Waals surface area contributed by atoms with Gasteiger partial charge in [0.1, 0.15) is 12.6 Å². The monoisotopic (exact) mass is 719 g/mol. The lowest BCUT2D eigenvalue weighted by Gasteiger charge is -2.34. The Morgan fingerprint density at radius 2 is 1.46 bits per heavy atom. The number of halogens is 4. The quantitative estimate of drug-likeness (QED) is 0.134. The van der Waals surface area contributed by atoms with Crippen molar-refractivity contribution in [1.82, 2.24) is 10.2 Å². The van der Waals surface area contributed by atoms with Crippen LogP contribution in [-0.2, 0) is 32.6 Å². The van der Waals surface area contributed by atoms with Crippen LogP contribution in [0.3, 0.4) is 0 Å². The maximum Gasteiger partial charge on any atom is 0.264 e. The van der Waals surface area contributed by atoms with Gasteiger partial charge >= 0.3 is 0 Å². The van der Waals surface area contributed by atoms with Crippen LogP contribution in [0.5, 0.6) is 0 Å². The van der Waals surface area contributed by atoms with E-state index in [-0.39, 0.29) is 34.5 Å². The van der Waals surface area contributed by atoms with Gasteiger partial charge in [-0.3, -0.25) is 13.9 Å². The van der Waals surface area contributed by atoms with Crippen molar-refractivity contribution in [2.75, 3.05) is 17.4 Å². The van der Waals surface area contributed by atoms with E-state index >= 15 is 0 Å². The number of unbranched alkanes of at least 4 members (excludes halogenated alkanes) is 1. The fourth-order valence-electron chi connectivity index (χ4n) is 4.81. The zero-order valence-electron chi connectivity index (χ0n) is 25.0. The summed E-state index contributed by atoms with van der Waals surface area (Å²) in [6, 6.07) is 25.0. The van der Waals surface area contributed by atoms with Crippen molar-refractivity contribution in [2.24, 2.45) is 0 Å². The van der Waals surface area contributed by atoms with E-state index in [0.717, 1.165) is 22.7 Å². The lowest BCUT2D eigenvalue weighted by Crippen LogP contribution is -2.53. The molecule has 4 aromatic carbocycles. The number of sulfonamides is 1. The van der Waals surface area contributed by atoms with Gasteiger partial charge in [-0.05, 0) is 66.6 Å². The molecule has 1 atom stereocenters. The van der Waals surface area contributed by atoms with Crippen LogP contribution in [0.15, 0.2) is 102 Å². The van der Waals surface area contributed by atoms with E-state index in [1.807, 2.05) is 37.3 Å². The number of hydrogen-bond acceptors (Lipinski definition) is 4. The minimum absolute atomic E-state index is 0.0801. The average Bonchev–Trinajstić information content (AvgIpc) is 3.03. The molecular formula is C34H33Cl4N3O4S. The molecule has 2 amide bonds. The average molecular weight is 722 g/mol. The molecule has 0 aliphatic heterocycles. The number of rotatable bonds is 14.